The van der Waals surface area contributed by atoms with Gasteiger partial charge in [-0.05, 0) is 13.5 Å². The Morgan fingerprint density at radius 1 is 1.11 bits per heavy atom. The highest BCUT2D eigenvalue weighted by Crippen LogP contribution is 2.09. The molecule has 0 saturated carbocycles. The number of hydrogen-bond donors (Lipinski definition) is 0. The summed E-state index contributed by atoms with van der Waals surface area (Å²) in [5, 5.41) is 5.39. The van der Waals surface area contributed by atoms with E-state index in [9.17, 15) is 0 Å². The van der Waals surface area contributed by atoms with Crippen molar-refractivity contribution in [3.8, 4) is 0 Å². The average molecular weight is 260 g/mol. The van der Waals surface area contributed by atoms with Crippen LogP contribution >= 0.6 is 0 Å². The lowest BCUT2D eigenvalue weighted by Gasteiger charge is -2.32. The lowest BCUT2D eigenvalue weighted by molar-refractivity contribution is 0.151. The lowest BCUT2D eigenvalue weighted by Crippen LogP contribution is -2.44. The Labute approximate surface area is 113 Å². The van der Waals surface area contributed by atoms with Crippen molar-refractivity contribution in [3.05, 3.63) is 18.7 Å². The topological polar surface area (TPSA) is 50.1 Å². The van der Waals surface area contributed by atoms with E-state index in [2.05, 4.69) is 31.9 Å². The van der Waals surface area contributed by atoms with Crippen molar-refractivity contribution in [1.29, 1.82) is 0 Å². The van der Waals surface area contributed by atoms with E-state index in [0.717, 1.165) is 30.5 Å². The Bertz CT molecular complexity index is 529. The zero-order valence-corrected chi connectivity index (χ0v) is 11.4. The summed E-state index contributed by atoms with van der Waals surface area (Å²) in [6.45, 7) is 6.78. The van der Waals surface area contributed by atoms with Crippen LogP contribution in [0.2, 0.25) is 0 Å². The zero-order chi connectivity index (χ0) is 13.1. The molecule has 0 unspecified atom stereocenters. The van der Waals surface area contributed by atoms with Gasteiger partial charge in [0.25, 0.3) is 0 Å². The third-order valence-electron chi connectivity index (χ3n) is 3.74. The molecule has 6 nitrogen and oxygen atoms in total. The maximum Gasteiger partial charge on any atom is 0.161 e. The molecular weight excluding hydrogens is 240 g/mol. The van der Waals surface area contributed by atoms with Crippen molar-refractivity contribution >= 4 is 11.0 Å². The number of aromatic nitrogens is 4. The van der Waals surface area contributed by atoms with E-state index in [0.29, 0.717) is 0 Å². The fraction of sp³-hybridized carbons (Fsp3) is 0.615. The van der Waals surface area contributed by atoms with Crippen LogP contribution in [0.3, 0.4) is 0 Å². The second kappa shape index (κ2) is 5.63. The summed E-state index contributed by atoms with van der Waals surface area (Å²) < 4.78 is 1.98. The maximum atomic E-state index is 4.38. The maximum absolute atomic E-state index is 4.38. The highest BCUT2D eigenvalue weighted by Gasteiger charge is 2.13. The van der Waals surface area contributed by atoms with Gasteiger partial charge in [0.2, 0.25) is 0 Å². The van der Waals surface area contributed by atoms with E-state index >= 15 is 0 Å². The third kappa shape index (κ3) is 2.90. The van der Waals surface area contributed by atoms with Gasteiger partial charge in [0.15, 0.2) is 5.65 Å². The molecule has 0 N–H and O–H groups in total. The molecule has 19 heavy (non-hydrogen) atoms. The van der Waals surface area contributed by atoms with Gasteiger partial charge in [-0.2, -0.15) is 5.10 Å². The Morgan fingerprint density at radius 2 is 1.95 bits per heavy atom. The molecule has 1 aliphatic rings. The minimum absolute atomic E-state index is 0.923. The van der Waals surface area contributed by atoms with Crippen LogP contribution < -0.4 is 0 Å². The van der Waals surface area contributed by atoms with Gasteiger partial charge >= 0.3 is 0 Å². The van der Waals surface area contributed by atoms with Crippen molar-refractivity contribution < 1.29 is 0 Å². The third-order valence-corrected chi connectivity index (χ3v) is 3.74. The molecule has 0 aliphatic carbocycles. The van der Waals surface area contributed by atoms with Gasteiger partial charge in [-0.3, -0.25) is 0 Å². The fourth-order valence-electron chi connectivity index (χ4n) is 2.51. The highest BCUT2D eigenvalue weighted by molar-refractivity contribution is 5.72. The molecule has 0 bridgehead atoms. The largest absolute Gasteiger partial charge is 0.304 e. The van der Waals surface area contributed by atoms with Crippen molar-refractivity contribution in [2.45, 2.75) is 13.0 Å². The molecule has 3 heterocycles. The Balaban J connectivity index is 1.52. The van der Waals surface area contributed by atoms with Crippen LogP contribution in [0.5, 0.6) is 0 Å². The summed E-state index contributed by atoms with van der Waals surface area (Å²) in [5.74, 6) is 0. The summed E-state index contributed by atoms with van der Waals surface area (Å²) in [5.41, 5.74) is 0.938. The summed E-state index contributed by atoms with van der Waals surface area (Å²) in [6.07, 6.45) is 6.35. The van der Waals surface area contributed by atoms with Gasteiger partial charge in [-0.25, -0.2) is 14.6 Å². The minimum atomic E-state index is 0.923. The van der Waals surface area contributed by atoms with E-state index < -0.39 is 0 Å². The Morgan fingerprint density at radius 3 is 2.79 bits per heavy atom. The van der Waals surface area contributed by atoms with E-state index in [1.807, 2.05) is 17.1 Å². The first-order valence-electron chi connectivity index (χ1n) is 6.85. The van der Waals surface area contributed by atoms with Crippen molar-refractivity contribution in [2.75, 3.05) is 39.8 Å². The van der Waals surface area contributed by atoms with Crippen LogP contribution in [-0.4, -0.2) is 69.3 Å². The predicted molar refractivity (Wildman–Crippen MR) is 73.9 cm³/mol. The second-order valence-electron chi connectivity index (χ2n) is 5.17. The molecule has 2 aromatic rings. The summed E-state index contributed by atoms with van der Waals surface area (Å²) in [6, 6.07) is 0. The first-order valence-corrected chi connectivity index (χ1v) is 6.85. The number of aryl methyl sites for hydroxylation is 1. The molecule has 102 valence electrons. The number of nitrogens with zero attached hydrogens (tertiary/aromatic N) is 6. The summed E-state index contributed by atoms with van der Waals surface area (Å²) >= 11 is 0. The van der Waals surface area contributed by atoms with Gasteiger partial charge in [-0.1, -0.05) is 0 Å². The first kappa shape index (κ1) is 12.5. The number of fused-ring (bicyclic) bond motifs is 1. The zero-order valence-electron chi connectivity index (χ0n) is 11.4. The van der Waals surface area contributed by atoms with Crippen LogP contribution in [-0.2, 0) is 6.54 Å². The number of likely N-dealkylation sites (N-methyl/N-ethyl adjacent to an activating group) is 1. The SMILES string of the molecule is CN1CCN(CCCn2ncc3cncnc32)CC1. The molecule has 1 fully saturated rings. The normalized spacial score (nSPS) is 18.2. The molecule has 0 radical (unpaired) electrons. The minimum Gasteiger partial charge on any atom is -0.304 e. The lowest BCUT2D eigenvalue weighted by atomic mass is 10.3. The highest BCUT2D eigenvalue weighted by atomic mass is 15.3. The molecule has 6 heteroatoms. The molecular formula is C13H20N6. The van der Waals surface area contributed by atoms with Gasteiger partial charge in [0, 0.05) is 45.5 Å². The van der Waals surface area contributed by atoms with E-state index in [4.69, 9.17) is 0 Å². The van der Waals surface area contributed by atoms with E-state index in [1.54, 1.807) is 6.33 Å². The quantitative estimate of drug-likeness (QED) is 0.799. The molecule has 0 atom stereocenters. The molecule has 1 aliphatic heterocycles. The number of hydrogen-bond acceptors (Lipinski definition) is 5. The molecule has 1 saturated heterocycles. The van der Waals surface area contributed by atoms with Crippen molar-refractivity contribution in [3.63, 3.8) is 0 Å². The standard InChI is InChI=1S/C13H20N6/c1-17-5-7-18(8-6-17)3-2-4-19-13-12(10-16-19)9-14-11-15-13/h9-11H,2-8H2,1H3. The van der Waals surface area contributed by atoms with Gasteiger partial charge in [0.1, 0.15) is 6.33 Å². The Kier molecular flexibility index (Phi) is 3.70. The average Bonchev–Trinajstić information content (AvgIpc) is 2.85. The molecule has 0 amide bonds. The van der Waals surface area contributed by atoms with Gasteiger partial charge in [0.05, 0.1) is 11.6 Å². The van der Waals surface area contributed by atoms with Crippen molar-refractivity contribution in [1.82, 2.24) is 29.5 Å². The number of piperazine rings is 1. The van der Waals surface area contributed by atoms with E-state index in [1.165, 1.54) is 26.2 Å². The van der Waals surface area contributed by atoms with Crippen LogP contribution in [0.4, 0.5) is 0 Å². The first-order chi connectivity index (χ1) is 9.33. The second-order valence-corrected chi connectivity index (χ2v) is 5.17. The molecule has 0 spiro atoms. The predicted octanol–water partition coefficient (Wildman–Crippen LogP) is 0.464. The van der Waals surface area contributed by atoms with Crippen LogP contribution in [0.25, 0.3) is 11.0 Å². The smallest absolute Gasteiger partial charge is 0.161 e. The van der Waals surface area contributed by atoms with Gasteiger partial charge in [-0.15, -0.1) is 0 Å². The summed E-state index contributed by atoms with van der Waals surface area (Å²) in [4.78, 5) is 13.2. The van der Waals surface area contributed by atoms with Crippen LogP contribution in [0.15, 0.2) is 18.7 Å². The van der Waals surface area contributed by atoms with Crippen LogP contribution in [0.1, 0.15) is 6.42 Å². The van der Waals surface area contributed by atoms with E-state index in [-0.39, 0.29) is 0 Å². The molecule has 2 aromatic heterocycles. The van der Waals surface area contributed by atoms with Crippen molar-refractivity contribution in [2.24, 2.45) is 0 Å². The van der Waals surface area contributed by atoms with Gasteiger partial charge < -0.3 is 9.80 Å². The van der Waals surface area contributed by atoms with Crippen LogP contribution in [0, 0.1) is 0 Å². The summed E-state index contributed by atoms with van der Waals surface area (Å²) in [7, 11) is 2.19. The fourth-order valence-corrected chi connectivity index (χ4v) is 2.51. The number of rotatable bonds is 4. The molecule has 3 rings (SSSR count). The Hall–Kier alpha value is -1.53. The molecule has 0 aromatic carbocycles. The monoisotopic (exact) mass is 260 g/mol.